The van der Waals surface area contributed by atoms with Crippen molar-refractivity contribution in [3.05, 3.63) is 23.8 Å². The van der Waals surface area contributed by atoms with Crippen molar-refractivity contribution < 1.29 is 14.2 Å². The largest absolute Gasteiger partial charge is 0.497 e. The Kier molecular flexibility index (Phi) is 3.12. The van der Waals surface area contributed by atoms with Crippen molar-refractivity contribution in [3.63, 3.8) is 0 Å². The van der Waals surface area contributed by atoms with E-state index in [9.17, 15) is 0 Å². The maximum atomic E-state index is 5.64. The number of methoxy groups -OCH3 is 2. The van der Waals surface area contributed by atoms with Crippen LogP contribution in [-0.2, 0) is 11.3 Å². The van der Waals surface area contributed by atoms with E-state index in [-0.39, 0.29) is 0 Å². The molecule has 4 nitrogen and oxygen atoms in total. The van der Waals surface area contributed by atoms with Gasteiger partial charge in [0.15, 0.2) is 0 Å². The summed E-state index contributed by atoms with van der Waals surface area (Å²) in [5.74, 6) is 3.44. The molecule has 4 heteroatoms. The smallest absolute Gasteiger partial charge is 0.127 e. The van der Waals surface area contributed by atoms with Crippen molar-refractivity contribution in [1.29, 1.82) is 0 Å². The predicted octanol–water partition coefficient (Wildman–Crippen LogP) is 2.31. The van der Waals surface area contributed by atoms with E-state index in [1.54, 1.807) is 14.2 Å². The topological polar surface area (TPSA) is 34.2 Å². The van der Waals surface area contributed by atoms with Crippen LogP contribution in [0, 0.1) is 11.8 Å². The summed E-state index contributed by atoms with van der Waals surface area (Å²) >= 11 is 0. The summed E-state index contributed by atoms with van der Waals surface area (Å²) < 4.78 is 16.4. The summed E-state index contributed by atoms with van der Waals surface area (Å²) in [6.45, 7) is 0.928. The normalized spacial score (nSPS) is 35.9. The maximum Gasteiger partial charge on any atom is 0.127 e. The van der Waals surface area contributed by atoms with Gasteiger partial charge in [0.25, 0.3) is 0 Å². The first-order chi connectivity index (χ1) is 10.2. The minimum absolute atomic E-state index is 0.592. The maximum absolute atomic E-state index is 5.64. The average Bonchev–Trinajstić information content (AvgIpc) is 3.17. The average molecular weight is 289 g/mol. The van der Waals surface area contributed by atoms with Crippen LogP contribution in [0.25, 0.3) is 0 Å². The zero-order valence-corrected chi connectivity index (χ0v) is 12.9. The van der Waals surface area contributed by atoms with Gasteiger partial charge in [-0.3, -0.25) is 4.90 Å². The number of ether oxygens (including phenoxy) is 3. The van der Waals surface area contributed by atoms with E-state index in [2.05, 4.69) is 18.0 Å². The summed E-state index contributed by atoms with van der Waals surface area (Å²) in [5.41, 5.74) is 1.23. The molecule has 2 aliphatic carbocycles. The van der Waals surface area contributed by atoms with E-state index in [0.29, 0.717) is 18.2 Å². The second-order valence-electron chi connectivity index (χ2n) is 6.60. The molecule has 0 N–H and O–H groups in total. The van der Waals surface area contributed by atoms with Crippen molar-refractivity contribution in [3.8, 4) is 11.5 Å². The number of nitrogens with zero attached hydrogens (tertiary/aromatic N) is 1. The molecule has 0 unspecified atom stereocenters. The van der Waals surface area contributed by atoms with Crippen LogP contribution in [0.2, 0.25) is 0 Å². The molecule has 114 valence electrons. The number of hydrogen-bond donors (Lipinski definition) is 0. The number of hydrogen-bond acceptors (Lipinski definition) is 4. The first-order valence-corrected chi connectivity index (χ1v) is 7.78. The predicted molar refractivity (Wildman–Crippen MR) is 79.7 cm³/mol. The quantitative estimate of drug-likeness (QED) is 0.779. The molecule has 4 rings (SSSR count). The minimum Gasteiger partial charge on any atom is -0.497 e. The van der Waals surface area contributed by atoms with Crippen LogP contribution in [0.15, 0.2) is 18.2 Å². The summed E-state index contributed by atoms with van der Waals surface area (Å²) in [4.78, 5) is 2.48. The highest BCUT2D eigenvalue weighted by Gasteiger charge is 2.63. The molecular formula is C17H23NO3. The molecule has 1 aromatic rings. The van der Waals surface area contributed by atoms with Crippen LogP contribution < -0.4 is 9.47 Å². The molecule has 2 saturated carbocycles. The first-order valence-electron chi connectivity index (χ1n) is 7.78. The molecule has 1 aromatic carbocycles. The highest BCUT2D eigenvalue weighted by molar-refractivity contribution is 5.40. The Hall–Kier alpha value is -1.26. The van der Waals surface area contributed by atoms with E-state index in [1.807, 2.05) is 12.1 Å². The van der Waals surface area contributed by atoms with E-state index in [1.165, 1.54) is 18.4 Å². The van der Waals surface area contributed by atoms with Gasteiger partial charge in [0, 0.05) is 24.2 Å². The third kappa shape index (κ3) is 2.12. The number of fused-ring (bicyclic) bond motifs is 3. The zero-order chi connectivity index (χ0) is 14.6. The number of benzene rings is 1. The van der Waals surface area contributed by atoms with Gasteiger partial charge < -0.3 is 14.2 Å². The van der Waals surface area contributed by atoms with Crippen LogP contribution in [0.4, 0.5) is 0 Å². The molecule has 5 atom stereocenters. The second kappa shape index (κ2) is 4.89. The Morgan fingerprint density at radius 3 is 2.76 bits per heavy atom. The van der Waals surface area contributed by atoms with Gasteiger partial charge in [-0.15, -0.1) is 0 Å². The standard InChI is InChI=1S/C17H23NO3/c1-18(14-7-13-12(14)8-16-17(13)21-16)9-10-4-5-11(19-2)6-15(10)20-3/h4-6,12-14,16-17H,7-9H2,1-3H3/t12-,13-,14+,16-,17+/m0/s1. The van der Waals surface area contributed by atoms with Crippen molar-refractivity contribution in [2.45, 2.75) is 37.6 Å². The van der Waals surface area contributed by atoms with Crippen molar-refractivity contribution in [2.75, 3.05) is 21.3 Å². The highest BCUT2D eigenvalue weighted by Crippen LogP contribution is 2.58. The summed E-state index contributed by atoms with van der Waals surface area (Å²) in [6.07, 6.45) is 3.76. The van der Waals surface area contributed by atoms with Crippen LogP contribution in [0.3, 0.4) is 0 Å². The second-order valence-corrected chi connectivity index (χ2v) is 6.60. The molecule has 0 aromatic heterocycles. The van der Waals surface area contributed by atoms with E-state index >= 15 is 0 Å². The van der Waals surface area contributed by atoms with Gasteiger partial charge in [0.2, 0.25) is 0 Å². The van der Waals surface area contributed by atoms with Crippen molar-refractivity contribution >= 4 is 0 Å². The molecule has 0 bridgehead atoms. The highest BCUT2D eigenvalue weighted by atomic mass is 16.6. The van der Waals surface area contributed by atoms with E-state index < -0.39 is 0 Å². The van der Waals surface area contributed by atoms with Crippen LogP contribution in [0.5, 0.6) is 11.5 Å². The van der Waals surface area contributed by atoms with E-state index in [4.69, 9.17) is 14.2 Å². The van der Waals surface area contributed by atoms with Gasteiger partial charge in [-0.25, -0.2) is 0 Å². The molecule has 1 aliphatic heterocycles. The number of rotatable bonds is 5. The first kappa shape index (κ1) is 13.4. The van der Waals surface area contributed by atoms with Crippen LogP contribution >= 0.6 is 0 Å². The Labute approximate surface area is 126 Å². The molecule has 3 aliphatic rings. The molecule has 21 heavy (non-hydrogen) atoms. The molecule has 3 fully saturated rings. The Balaban J connectivity index is 1.43. The lowest BCUT2D eigenvalue weighted by molar-refractivity contribution is -0.00506. The van der Waals surface area contributed by atoms with Crippen LogP contribution in [-0.4, -0.2) is 44.4 Å². The van der Waals surface area contributed by atoms with Gasteiger partial charge in [-0.1, -0.05) is 6.07 Å². The third-order valence-electron chi connectivity index (χ3n) is 5.59. The molecule has 0 radical (unpaired) electrons. The Morgan fingerprint density at radius 2 is 2.05 bits per heavy atom. The summed E-state index contributed by atoms with van der Waals surface area (Å²) in [6, 6.07) is 6.79. The van der Waals surface area contributed by atoms with Gasteiger partial charge in [0.1, 0.15) is 11.5 Å². The molecule has 1 saturated heterocycles. The van der Waals surface area contributed by atoms with Crippen molar-refractivity contribution in [1.82, 2.24) is 4.90 Å². The molecule has 1 heterocycles. The fourth-order valence-electron chi connectivity index (χ4n) is 4.29. The van der Waals surface area contributed by atoms with E-state index in [0.717, 1.165) is 29.9 Å². The van der Waals surface area contributed by atoms with Gasteiger partial charge in [-0.05, 0) is 37.8 Å². The number of epoxide rings is 1. The monoisotopic (exact) mass is 289 g/mol. The molecule has 0 amide bonds. The lowest BCUT2D eigenvalue weighted by Crippen LogP contribution is -2.50. The Bertz CT molecular complexity index is 547. The molecular weight excluding hydrogens is 266 g/mol. The van der Waals surface area contributed by atoms with Crippen molar-refractivity contribution in [2.24, 2.45) is 11.8 Å². The van der Waals surface area contributed by atoms with Crippen LogP contribution in [0.1, 0.15) is 18.4 Å². The SMILES string of the molecule is COc1ccc(CN(C)[C@@H]2C[C@H]3[C@@H]2C[C@@H]2O[C@H]32)c(OC)c1. The fourth-order valence-corrected chi connectivity index (χ4v) is 4.29. The lowest BCUT2D eigenvalue weighted by atomic mass is 9.70. The lowest BCUT2D eigenvalue weighted by Gasteiger charge is -2.46. The zero-order valence-electron chi connectivity index (χ0n) is 12.9. The summed E-state index contributed by atoms with van der Waals surface area (Å²) in [5, 5.41) is 0. The van der Waals surface area contributed by atoms with Gasteiger partial charge in [-0.2, -0.15) is 0 Å². The summed E-state index contributed by atoms with van der Waals surface area (Å²) in [7, 11) is 5.64. The van der Waals surface area contributed by atoms with Gasteiger partial charge >= 0.3 is 0 Å². The minimum atomic E-state index is 0.592. The Morgan fingerprint density at radius 1 is 1.19 bits per heavy atom. The molecule has 0 spiro atoms. The van der Waals surface area contributed by atoms with Gasteiger partial charge in [0.05, 0.1) is 26.4 Å². The fraction of sp³-hybridized carbons (Fsp3) is 0.647. The third-order valence-corrected chi connectivity index (χ3v) is 5.59.